The van der Waals surface area contributed by atoms with E-state index in [1.54, 1.807) is 0 Å². The van der Waals surface area contributed by atoms with Crippen molar-refractivity contribution in [1.82, 2.24) is 9.88 Å². The van der Waals surface area contributed by atoms with Gasteiger partial charge in [-0.05, 0) is 38.6 Å². The smallest absolute Gasteiger partial charge is 0.408 e. The Morgan fingerprint density at radius 2 is 2.21 bits per heavy atom. The van der Waals surface area contributed by atoms with E-state index < -0.39 is 5.76 Å². The summed E-state index contributed by atoms with van der Waals surface area (Å²) >= 11 is 0. The van der Waals surface area contributed by atoms with Crippen LogP contribution < -0.4 is 5.76 Å². The third kappa shape index (κ3) is 3.24. The zero-order valence-electron chi connectivity index (χ0n) is 11.4. The predicted octanol–water partition coefficient (Wildman–Crippen LogP) is 2.10. The Bertz CT molecular complexity index is 676. The van der Waals surface area contributed by atoms with E-state index in [9.17, 15) is 4.79 Å². The molecule has 0 aliphatic heterocycles. The van der Waals surface area contributed by atoms with Crippen LogP contribution in [-0.2, 0) is 6.54 Å². The van der Waals surface area contributed by atoms with E-state index in [4.69, 9.17) is 9.68 Å². The van der Waals surface area contributed by atoms with Crippen LogP contribution in [0.25, 0.3) is 11.1 Å². The molecule has 0 aliphatic rings. The molecule has 5 heteroatoms. The average Bonchev–Trinajstić information content (AvgIpc) is 2.67. The van der Waals surface area contributed by atoms with Crippen molar-refractivity contribution in [3.8, 4) is 6.07 Å². The fraction of sp³-hybridized carbons (Fsp3) is 0.429. The van der Waals surface area contributed by atoms with Gasteiger partial charge >= 0.3 is 5.76 Å². The number of hydrogen-bond donors (Lipinski definition) is 1. The van der Waals surface area contributed by atoms with E-state index in [0.717, 1.165) is 5.56 Å². The minimum atomic E-state index is -0.439. The van der Waals surface area contributed by atoms with Gasteiger partial charge in [0.15, 0.2) is 5.58 Å². The van der Waals surface area contributed by atoms with Gasteiger partial charge in [-0.2, -0.15) is 5.26 Å². The lowest BCUT2D eigenvalue weighted by molar-refractivity contribution is 0.249. The molecule has 0 fully saturated rings. The zero-order chi connectivity index (χ0) is 14.0. The highest BCUT2D eigenvalue weighted by Crippen LogP contribution is 2.18. The second kappa shape index (κ2) is 4.90. The largest absolute Gasteiger partial charge is 0.417 e. The number of aromatic nitrogens is 1. The number of fused-ring (bicyclic) bond motifs is 1. The third-order valence-electron chi connectivity index (χ3n) is 2.91. The summed E-state index contributed by atoms with van der Waals surface area (Å²) in [5.41, 5.74) is 1.94. The van der Waals surface area contributed by atoms with Crippen LogP contribution in [0.2, 0.25) is 0 Å². The van der Waals surface area contributed by atoms with Crippen molar-refractivity contribution < 1.29 is 4.42 Å². The second-order valence-corrected chi connectivity index (χ2v) is 5.51. The normalized spacial score (nSPS) is 11.9. The molecule has 1 heterocycles. The molecule has 0 atom stereocenters. The Morgan fingerprint density at radius 1 is 1.47 bits per heavy atom. The third-order valence-corrected chi connectivity index (χ3v) is 2.91. The van der Waals surface area contributed by atoms with Crippen LogP contribution in [0.3, 0.4) is 0 Å². The van der Waals surface area contributed by atoms with Crippen molar-refractivity contribution in [3.63, 3.8) is 0 Å². The van der Waals surface area contributed by atoms with Gasteiger partial charge in [-0.25, -0.2) is 4.79 Å². The highest BCUT2D eigenvalue weighted by Gasteiger charge is 2.19. The first-order valence-corrected chi connectivity index (χ1v) is 6.11. The van der Waals surface area contributed by atoms with Gasteiger partial charge < -0.3 is 9.32 Å². The summed E-state index contributed by atoms with van der Waals surface area (Å²) in [6.45, 7) is 5.21. The van der Waals surface area contributed by atoms with Crippen molar-refractivity contribution in [3.05, 3.63) is 34.3 Å². The molecule has 0 amide bonds. The Morgan fingerprint density at radius 3 is 2.89 bits per heavy atom. The van der Waals surface area contributed by atoms with Gasteiger partial charge in [-0.3, -0.25) is 4.98 Å². The molecule has 19 heavy (non-hydrogen) atoms. The lowest BCUT2D eigenvalue weighted by atomic mass is 9.95. The number of oxazole rings is 1. The maximum atomic E-state index is 11.1. The summed E-state index contributed by atoms with van der Waals surface area (Å²) in [7, 11) is 1.97. The quantitative estimate of drug-likeness (QED) is 0.912. The number of nitrogens with one attached hydrogen (secondary N) is 1. The summed E-state index contributed by atoms with van der Waals surface area (Å²) in [4.78, 5) is 15.8. The Kier molecular flexibility index (Phi) is 3.45. The molecular formula is C14H17N3O2. The highest BCUT2D eigenvalue weighted by atomic mass is 16.4. The highest BCUT2D eigenvalue weighted by molar-refractivity contribution is 5.72. The van der Waals surface area contributed by atoms with Gasteiger partial charge in [0.1, 0.15) is 0 Å². The molecular weight excluding hydrogens is 242 g/mol. The van der Waals surface area contributed by atoms with Gasteiger partial charge in [0.05, 0.1) is 17.0 Å². The van der Waals surface area contributed by atoms with E-state index in [2.05, 4.69) is 16.0 Å². The molecule has 1 aromatic carbocycles. The van der Waals surface area contributed by atoms with E-state index >= 15 is 0 Å². The lowest BCUT2D eigenvalue weighted by Crippen LogP contribution is -2.29. The Hall–Kier alpha value is -2.06. The molecule has 1 N–H and O–H groups in total. The Balaban J connectivity index is 2.13. The molecule has 0 aliphatic carbocycles. The number of H-pyrrole nitrogens is 1. The first-order valence-electron chi connectivity index (χ1n) is 6.11. The molecule has 0 saturated heterocycles. The van der Waals surface area contributed by atoms with Crippen LogP contribution in [-0.4, -0.2) is 23.5 Å². The van der Waals surface area contributed by atoms with E-state index in [0.29, 0.717) is 24.2 Å². The number of rotatable bonds is 4. The van der Waals surface area contributed by atoms with Gasteiger partial charge in [0, 0.05) is 13.1 Å². The molecule has 100 valence electrons. The molecule has 2 aromatic rings. The molecule has 0 bridgehead atoms. The minimum Gasteiger partial charge on any atom is -0.408 e. The number of aromatic amines is 1. The standard InChI is InChI=1S/C14H17N3O2/c1-14(2,8-15)9-17(3)7-10-4-5-11-12(6-10)19-13(18)16-11/h4-6H,7,9H2,1-3H3,(H,16,18). The summed E-state index contributed by atoms with van der Waals surface area (Å²) in [6.07, 6.45) is 0. The summed E-state index contributed by atoms with van der Waals surface area (Å²) in [6, 6.07) is 7.92. The average molecular weight is 259 g/mol. The Labute approximate surface area is 111 Å². The minimum absolute atomic E-state index is 0.375. The molecule has 0 unspecified atom stereocenters. The molecule has 5 nitrogen and oxygen atoms in total. The van der Waals surface area contributed by atoms with Gasteiger partial charge in [0.2, 0.25) is 0 Å². The number of nitriles is 1. The fourth-order valence-electron chi connectivity index (χ4n) is 2.17. The van der Waals surface area contributed by atoms with Crippen molar-refractivity contribution in [2.75, 3.05) is 13.6 Å². The van der Waals surface area contributed by atoms with Crippen molar-refractivity contribution in [2.45, 2.75) is 20.4 Å². The van der Waals surface area contributed by atoms with Gasteiger partial charge in [-0.15, -0.1) is 0 Å². The zero-order valence-corrected chi connectivity index (χ0v) is 11.4. The molecule has 0 spiro atoms. The van der Waals surface area contributed by atoms with Crippen LogP contribution in [0, 0.1) is 16.7 Å². The number of nitrogens with zero attached hydrogens (tertiary/aromatic N) is 2. The molecule has 2 rings (SSSR count). The maximum Gasteiger partial charge on any atom is 0.417 e. The molecule has 0 radical (unpaired) electrons. The number of benzene rings is 1. The van der Waals surface area contributed by atoms with Crippen LogP contribution in [0.15, 0.2) is 27.4 Å². The van der Waals surface area contributed by atoms with Crippen LogP contribution >= 0.6 is 0 Å². The molecule has 0 saturated carbocycles. The van der Waals surface area contributed by atoms with Crippen molar-refractivity contribution in [2.24, 2.45) is 5.41 Å². The van der Waals surface area contributed by atoms with Crippen molar-refractivity contribution >= 4 is 11.1 Å². The summed E-state index contributed by atoms with van der Waals surface area (Å²) < 4.78 is 5.03. The monoisotopic (exact) mass is 259 g/mol. The molecule has 1 aromatic heterocycles. The summed E-state index contributed by atoms with van der Waals surface area (Å²) in [5, 5.41) is 9.02. The second-order valence-electron chi connectivity index (χ2n) is 5.51. The number of hydrogen-bond acceptors (Lipinski definition) is 4. The topological polar surface area (TPSA) is 73.0 Å². The van der Waals surface area contributed by atoms with Gasteiger partial charge in [0.25, 0.3) is 0 Å². The first-order chi connectivity index (χ1) is 8.89. The van der Waals surface area contributed by atoms with Crippen LogP contribution in [0.1, 0.15) is 19.4 Å². The van der Waals surface area contributed by atoms with Crippen LogP contribution in [0.5, 0.6) is 0 Å². The van der Waals surface area contributed by atoms with Crippen molar-refractivity contribution in [1.29, 1.82) is 5.26 Å². The maximum absolute atomic E-state index is 11.1. The van der Waals surface area contributed by atoms with E-state index in [1.165, 1.54) is 0 Å². The summed E-state index contributed by atoms with van der Waals surface area (Å²) in [5.74, 6) is -0.439. The lowest BCUT2D eigenvalue weighted by Gasteiger charge is -2.24. The van der Waals surface area contributed by atoms with Gasteiger partial charge in [-0.1, -0.05) is 6.07 Å². The first kappa shape index (κ1) is 13.4. The van der Waals surface area contributed by atoms with E-state index in [-0.39, 0.29) is 5.41 Å². The fourth-order valence-corrected chi connectivity index (χ4v) is 2.17. The van der Waals surface area contributed by atoms with E-state index in [1.807, 2.05) is 39.1 Å². The van der Waals surface area contributed by atoms with Crippen LogP contribution in [0.4, 0.5) is 0 Å². The predicted molar refractivity (Wildman–Crippen MR) is 72.6 cm³/mol. The SMILES string of the molecule is CN(Cc1ccc2[nH]c(=O)oc2c1)CC(C)(C)C#N.